The first-order valence-electron chi connectivity index (χ1n) is 7.73. The number of aliphatic hydroxyl groups is 1. The Morgan fingerprint density at radius 3 is 2.57 bits per heavy atom. The van der Waals surface area contributed by atoms with E-state index >= 15 is 0 Å². The molecular weight excluding hydrogens is 270 g/mol. The molecule has 0 aromatic heterocycles. The number of hydrogen-bond donors (Lipinski definition) is 1. The minimum absolute atomic E-state index is 0.358. The van der Waals surface area contributed by atoms with Gasteiger partial charge in [-0.05, 0) is 30.5 Å². The number of fused-ring (bicyclic) bond motifs is 3. The second-order valence-corrected chi connectivity index (χ2v) is 6.09. The van der Waals surface area contributed by atoms with Gasteiger partial charge in [-0.1, -0.05) is 6.07 Å². The van der Waals surface area contributed by atoms with Gasteiger partial charge in [0.05, 0.1) is 18.3 Å². The van der Waals surface area contributed by atoms with Crippen LogP contribution in [-0.4, -0.2) is 55.1 Å². The first-order valence-corrected chi connectivity index (χ1v) is 7.73. The van der Waals surface area contributed by atoms with Crippen LogP contribution in [0.4, 0.5) is 0 Å². The third-order valence-electron chi connectivity index (χ3n) is 4.50. The zero-order valence-corrected chi connectivity index (χ0v) is 12.0. The molecule has 21 heavy (non-hydrogen) atoms. The van der Waals surface area contributed by atoms with Crippen molar-refractivity contribution >= 4 is 0 Å². The Hall–Kier alpha value is -1.30. The summed E-state index contributed by atoms with van der Waals surface area (Å²) in [6.07, 6.45) is 2.52. The first-order chi connectivity index (χ1) is 10.3. The Morgan fingerprint density at radius 2 is 1.81 bits per heavy atom. The molecule has 0 saturated carbocycles. The van der Waals surface area contributed by atoms with E-state index in [1.807, 2.05) is 18.2 Å². The zero-order chi connectivity index (χ0) is 14.2. The van der Waals surface area contributed by atoms with Gasteiger partial charge in [-0.2, -0.15) is 0 Å². The SMILES string of the molecule is OC(CN1CC2CCC(C1)O2)c1ccc2c(c1)OCCO2. The highest BCUT2D eigenvalue weighted by molar-refractivity contribution is 5.44. The number of likely N-dealkylation sites (tertiary alicyclic amines) is 1. The Balaban J connectivity index is 1.43. The zero-order valence-electron chi connectivity index (χ0n) is 12.0. The van der Waals surface area contributed by atoms with E-state index in [4.69, 9.17) is 14.2 Å². The molecule has 5 nitrogen and oxygen atoms in total. The molecule has 0 amide bonds. The number of hydrogen-bond acceptors (Lipinski definition) is 5. The third-order valence-corrected chi connectivity index (χ3v) is 4.50. The van der Waals surface area contributed by atoms with Crippen LogP contribution in [0.2, 0.25) is 0 Å². The van der Waals surface area contributed by atoms with E-state index in [1.165, 1.54) is 0 Å². The summed E-state index contributed by atoms with van der Waals surface area (Å²) >= 11 is 0. The normalized spacial score (nSPS) is 29.4. The molecule has 3 aliphatic heterocycles. The van der Waals surface area contributed by atoms with E-state index in [0.717, 1.165) is 43.0 Å². The lowest BCUT2D eigenvalue weighted by atomic mass is 10.1. The van der Waals surface area contributed by atoms with Crippen molar-refractivity contribution in [1.29, 1.82) is 0 Å². The second kappa shape index (κ2) is 5.48. The summed E-state index contributed by atoms with van der Waals surface area (Å²) < 4.78 is 16.9. The van der Waals surface area contributed by atoms with Crippen molar-refractivity contribution < 1.29 is 19.3 Å². The molecule has 3 atom stereocenters. The highest BCUT2D eigenvalue weighted by atomic mass is 16.6. The molecular formula is C16H21NO4. The monoisotopic (exact) mass is 291 g/mol. The number of rotatable bonds is 3. The second-order valence-electron chi connectivity index (χ2n) is 6.09. The summed E-state index contributed by atoms with van der Waals surface area (Å²) in [5.41, 5.74) is 0.887. The summed E-state index contributed by atoms with van der Waals surface area (Å²) in [6.45, 7) is 3.66. The summed E-state index contributed by atoms with van der Waals surface area (Å²) in [6, 6.07) is 5.71. The largest absolute Gasteiger partial charge is 0.486 e. The van der Waals surface area contributed by atoms with Crippen LogP contribution in [0, 0.1) is 0 Å². The minimum atomic E-state index is -0.502. The fourth-order valence-corrected chi connectivity index (χ4v) is 3.47. The van der Waals surface area contributed by atoms with Crippen LogP contribution in [0.1, 0.15) is 24.5 Å². The van der Waals surface area contributed by atoms with Gasteiger partial charge in [-0.15, -0.1) is 0 Å². The average Bonchev–Trinajstić information content (AvgIpc) is 2.85. The van der Waals surface area contributed by atoms with Crippen molar-refractivity contribution in [2.75, 3.05) is 32.8 Å². The highest BCUT2D eigenvalue weighted by Gasteiger charge is 2.34. The van der Waals surface area contributed by atoms with Crippen LogP contribution in [-0.2, 0) is 4.74 Å². The summed E-state index contributed by atoms with van der Waals surface area (Å²) in [5, 5.41) is 10.5. The Bertz CT molecular complexity index is 509. The van der Waals surface area contributed by atoms with Crippen LogP contribution < -0.4 is 9.47 Å². The van der Waals surface area contributed by atoms with Gasteiger partial charge >= 0.3 is 0 Å². The average molecular weight is 291 g/mol. The molecule has 3 heterocycles. The van der Waals surface area contributed by atoms with Gasteiger partial charge in [-0.25, -0.2) is 0 Å². The molecule has 4 rings (SSSR count). The predicted molar refractivity (Wildman–Crippen MR) is 76.7 cm³/mol. The summed E-state index contributed by atoms with van der Waals surface area (Å²) in [4.78, 5) is 2.31. The van der Waals surface area contributed by atoms with Crippen molar-refractivity contribution in [3.05, 3.63) is 23.8 Å². The van der Waals surface area contributed by atoms with Gasteiger partial charge in [0, 0.05) is 19.6 Å². The maximum Gasteiger partial charge on any atom is 0.161 e. The van der Waals surface area contributed by atoms with Gasteiger partial charge < -0.3 is 19.3 Å². The van der Waals surface area contributed by atoms with Gasteiger partial charge in [0.2, 0.25) is 0 Å². The molecule has 1 N–H and O–H groups in total. The first kappa shape index (κ1) is 13.4. The van der Waals surface area contributed by atoms with Gasteiger partial charge in [0.1, 0.15) is 13.2 Å². The van der Waals surface area contributed by atoms with E-state index in [-0.39, 0.29) is 0 Å². The van der Waals surface area contributed by atoms with Crippen molar-refractivity contribution in [3.63, 3.8) is 0 Å². The maximum atomic E-state index is 10.5. The number of β-amino-alcohol motifs (C(OH)–C–C–N with tert-alkyl or cyclic N) is 1. The molecule has 1 aromatic carbocycles. The molecule has 3 unspecified atom stereocenters. The van der Waals surface area contributed by atoms with Gasteiger partial charge in [0.25, 0.3) is 0 Å². The molecule has 0 aliphatic carbocycles. The van der Waals surface area contributed by atoms with Crippen LogP contribution in [0.15, 0.2) is 18.2 Å². The number of aliphatic hydroxyl groups excluding tert-OH is 1. The van der Waals surface area contributed by atoms with Crippen LogP contribution >= 0.6 is 0 Å². The molecule has 1 aromatic rings. The fraction of sp³-hybridized carbons (Fsp3) is 0.625. The van der Waals surface area contributed by atoms with E-state index in [9.17, 15) is 5.11 Å². The number of ether oxygens (including phenoxy) is 3. The van der Waals surface area contributed by atoms with Crippen molar-refractivity contribution in [1.82, 2.24) is 4.90 Å². The number of nitrogens with zero attached hydrogens (tertiary/aromatic N) is 1. The van der Waals surface area contributed by atoms with Crippen molar-refractivity contribution in [2.24, 2.45) is 0 Å². The number of morpholine rings is 1. The summed E-state index contributed by atoms with van der Waals surface area (Å²) in [7, 11) is 0. The third kappa shape index (κ3) is 2.73. The molecule has 2 fully saturated rings. The van der Waals surface area contributed by atoms with Crippen molar-refractivity contribution in [2.45, 2.75) is 31.2 Å². The summed E-state index contributed by atoms with van der Waals surface area (Å²) in [5.74, 6) is 1.50. The molecule has 2 saturated heterocycles. The van der Waals surface area contributed by atoms with Crippen LogP contribution in [0.25, 0.3) is 0 Å². The standard InChI is InChI=1S/C16H21NO4/c18-14(10-17-8-12-2-3-13(9-17)21-12)11-1-4-15-16(7-11)20-6-5-19-15/h1,4,7,12-14,18H,2-3,5-6,8-10H2. The quantitative estimate of drug-likeness (QED) is 0.911. The maximum absolute atomic E-state index is 10.5. The van der Waals surface area contributed by atoms with Crippen LogP contribution in [0.5, 0.6) is 11.5 Å². The fourth-order valence-electron chi connectivity index (χ4n) is 3.47. The Labute approximate surface area is 124 Å². The van der Waals surface area contributed by atoms with Crippen molar-refractivity contribution in [3.8, 4) is 11.5 Å². The van der Waals surface area contributed by atoms with E-state index in [0.29, 0.717) is 32.0 Å². The molecule has 114 valence electrons. The highest BCUT2D eigenvalue weighted by Crippen LogP contribution is 2.33. The predicted octanol–water partition coefficient (Wildman–Crippen LogP) is 1.35. The van der Waals surface area contributed by atoms with Gasteiger partial charge in [0.15, 0.2) is 11.5 Å². The lowest BCUT2D eigenvalue weighted by Gasteiger charge is -2.33. The lowest BCUT2D eigenvalue weighted by Crippen LogP contribution is -2.44. The van der Waals surface area contributed by atoms with Crippen LogP contribution in [0.3, 0.4) is 0 Å². The molecule has 2 bridgehead atoms. The number of benzene rings is 1. The smallest absolute Gasteiger partial charge is 0.161 e. The molecule has 3 aliphatic rings. The molecule has 5 heteroatoms. The van der Waals surface area contributed by atoms with E-state index in [1.54, 1.807) is 0 Å². The molecule has 0 radical (unpaired) electrons. The van der Waals surface area contributed by atoms with E-state index < -0.39 is 6.10 Å². The minimum Gasteiger partial charge on any atom is -0.486 e. The topological polar surface area (TPSA) is 51.2 Å². The Morgan fingerprint density at radius 1 is 1.10 bits per heavy atom. The van der Waals surface area contributed by atoms with Gasteiger partial charge in [-0.3, -0.25) is 4.90 Å². The molecule has 0 spiro atoms. The lowest BCUT2D eigenvalue weighted by molar-refractivity contribution is -0.0497. The Kier molecular flexibility index (Phi) is 3.49. The van der Waals surface area contributed by atoms with E-state index in [2.05, 4.69) is 4.90 Å².